The molecule has 0 fully saturated rings. The Kier molecular flexibility index (Phi) is 20.3. The summed E-state index contributed by atoms with van der Waals surface area (Å²) in [6.45, 7) is 21.6. The Morgan fingerprint density at radius 2 is 0.588 bits per heavy atom. The number of aromatic nitrogens is 12. The fourth-order valence-electron chi connectivity index (χ4n) is 13.0. The Bertz CT molecular complexity index is 6340. The molecule has 0 aliphatic rings. The monoisotopic (exact) mass is 1460 g/mol. The van der Waals surface area contributed by atoms with Crippen LogP contribution in [0.5, 0.6) is 0 Å². The van der Waals surface area contributed by atoms with Gasteiger partial charge in [0, 0.05) is 99.6 Å². The first kappa shape index (κ1) is 71.1. The molecule has 18 aromatic rings. The topological polar surface area (TPSA) is 239 Å². The summed E-state index contributed by atoms with van der Waals surface area (Å²) in [4.78, 5) is 63.9. The van der Waals surface area contributed by atoms with E-state index in [-0.39, 0.29) is 0 Å². The summed E-state index contributed by atoms with van der Waals surface area (Å²) in [5.74, 6) is 0.351. The van der Waals surface area contributed by atoms with E-state index in [0.717, 1.165) is 156 Å². The van der Waals surface area contributed by atoms with Crippen molar-refractivity contribution >= 4 is 49.5 Å². The number of pyridine rings is 12. The maximum absolute atomic E-state index is 9.17. The van der Waals surface area contributed by atoms with E-state index in [1.807, 2.05) is 128 Å². The maximum Gasteiger partial charge on any atom is 0.270 e. The van der Waals surface area contributed by atoms with Gasteiger partial charge in [-0.15, -0.1) is 4.98 Å². The van der Waals surface area contributed by atoms with E-state index in [1.54, 1.807) is 91.9 Å². The highest BCUT2D eigenvalue weighted by Gasteiger charge is 2.15. The molecular formula is C96H54N18. The molecule has 0 bridgehead atoms. The second kappa shape index (κ2) is 32.5. The smallest absolute Gasteiger partial charge is 0.270 e. The lowest BCUT2D eigenvalue weighted by Crippen LogP contribution is -1.90. The molecule has 12 heterocycles. The van der Waals surface area contributed by atoms with Gasteiger partial charge in [0.25, 0.3) is 5.82 Å². The van der Waals surface area contributed by atoms with Gasteiger partial charge in [0.05, 0.1) is 93.1 Å². The van der Waals surface area contributed by atoms with Crippen molar-refractivity contribution in [2.24, 2.45) is 0 Å². The van der Waals surface area contributed by atoms with E-state index in [2.05, 4.69) is 182 Å². The van der Waals surface area contributed by atoms with E-state index < -0.39 is 0 Å². The summed E-state index contributed by atoms with van der Waals surface area (Å²) < 4.78 is 0. The van der Waals surface area contributed by atoms with Crippen LogP contribution in [0.25, 0.3) is 182 Å². The van der Waals surface area contributed by atoms with Gasteiger partial charge < -0.3 is 4.85 Å². The van der Waals surface area contributed by atoms with Crippen LogP contribution in [-0.2, 0) is 0 Å². The van der Waals surface area contributed by atoms with E-state index in [1.165, 1.54) is 0 Å². The van der Waals surface area contributed by atoms with Gasteiger partial charge in [-0.25, -0.2) is 39.6 Å². The molecule has 18 nitrogen and oxygen atoms in total. The van der Waals surface area contributed by atoms with Crippen LogP contribution >= 0.6 is 0 Å². The minimum Gasteiger partial charge on any atom is -0.361 e. The van der Waals surface area contributed by atoms with Gasteiger partial charge in [-0.1, -0.05) is 116 Å². The Morgan fingerprint density at radius 1 is 0.228 bits per heavy atom. The summed E-state index contributed by atoms with van der Waals surface area (Å²) in [6, 6.07) is 95.1. The van der Waals surface area contributed by atoms with Crippen LogP contribution in [0.1, 0.15) is 17.0 Å². The minimum atomic E-state index is 0.351. The molecule has 0 aliphatic carbocycles. The molecule has 0 saturated carbocycles. The van der Waals surface area contributed by atoms with E-state index >= 15 is 0 Å². The van der Waals surface area contributed by atoms with Crippen molar-refractivity contribution in [1.29, 1.82) is 15.8 Å². The summed E-state index contributed by atoms with van der Waals surface area (Å²) >= 11 is 0. The van der Waals surface area contributed by atoms with Crippen molar-refractivity contribution < 1.29 is 0 Å². The van der Waals surface area contributed by atoms with Crippen molar-refractivity contribution in [1.82, 2.24) is 59.8 Å². The lowest BCUT2D eigenvalue weighted by molar-refractivity contribution is 1.24. The summed E-state index contributed by atoms with van der Waals surface area (Å²) in [5.41, 5.74) is 23.3. The second-order valence-electron chi connectivity index (χ2n) is 26.0. The molecule has 18 heteroatoms. The molecule has 0 aliphatic heterocycles. The lowest BCUT2D eigenvalue weighted by atomic mass is 9.98. The van der Waals surface area contributed by atoms with Crippen molar-refractivity contribution in [3.05, 3.63) is 380 Å². The normalized spacial score (nSPS) is 10.6. The Labute approximate surface area is 654 Å². The largest absolute Gasteiger partial charge is 0.361 e. The third-order valence-electron chi connectivity index (χ3n) is 18.8. The maximum atomic E-state index is 9.17. The van der Waals surface area contributed by atoms with Gasteiger partial charge in [0.2, 0.25) is 5.69 Å². The predicted molar refractivity (Wildman–Crippen MR) is 444 cm³/mol. The van der Waals surface area contributed by atoms with Crippen LogP contribution in [0.3, 0.4) is 0 Å². The van der Waals surface area contributed by atoms with Gasteiger partial charge in [0.15, 0.2) is 5.69 Å². The van der Waals surface area contributed by atoms with Gasteiger partial charge in [-0.2, -0.15) is 15.8 Å². The first-order valence-corrected chi connectivity index (χ1v) is 35.6. The fraction of sp³-hybridized carbons (Fsp3) is 0. The Morgan fingerprint density at radius 3 is 0.982 bits per heavy atom. The highest BCUT2D eigenvalue weighted by Crippen LogP contribution is 2.36. The molecule has 0 N–H and O–H groups in total. The van der Waals surface area contributed by atoms with Crippen LogP contribution in [0.4, 0.5) is 17.2 Å². The molecule has 0 atom stereocenters. The molecule has 528 valence electrons. The zero-order chi connectivity index (χ0) is 77.7. The number of fused-ring (bicyclic) bond motifs is 3. The van der Waals surface area contributed by atoms with Gasteiger partial charge in [-0.05, 0) is 213 Å². The number of hydrogen-bond donors (Lipinski definition) is 0. The molecule has 114 heavy (non-hydrogen) atoms. The van der Waals surface area contributed by atoms with Crippen molar-refractivity contribution in [3.8, 4) is 153 Å². The number of nitriles is 3. The fourth-order valence-corrected chi connectivity index (χ4v) is 13.0. The van der Waals surface area contributed by atoms with Crippen LogP contribution in [0.2, 0.25) is 0 Å². The lowest BCUT2D eigenvalue weighted by Gasteiger charge is -2.09. The van der Waals surface area contributed by atoms with E-state index in [4.69, 9.17) is 44.9 Å². The van der Waals surface area contributed by atoms with E-state index in [0.29, 0.717) is 45.5 Å². The first-order valence-electron chi connectivity index (χ1n) is 35.6. The molecular weight excluding hydrogens is 1410 g/mol. The van der Waals surface area contributed by atoms with Crippen LogP contribution in [0.15, 0.2) is 329 Å². The molecule has 12 aromatic heterocycles. The molecule has 18 rings (SSSR count). The summed E-state index contributed by atoms with van der Waals surface area (Å²) in [5, 5.41) is 34.1. The molecule has 0 amide bonds. The van der Waals surface area contributed by atoms with Crippen molar-refractivity contribution in [2.45, 2.75) is 0 Å². The molecule has 6 aromatic carbocycles. The first-order chi connectivity index (χ1) is 56.1. The summed E-state index contributed by atoms with van der Waals surface area (Å²) in [7, 11) is 0. The minimum absolute atomic E-state index is 0.351. The third-order valence-corrected chi connectivity index (χ3v) is 18.8. The summed E-state index contributed by atoms with van der Waals surface area (Å²) in [6.07, 6.45) is 15.1. The van der Waals surface area contributed by atoms with Gasteiger partial charge >= 0.3 is 0 Å². The predicted octanol–water partition coefficient (Wildman–Crippen LogP) is 22.5. The average Bonchev–Trinajstić information content (AvgIpc) is 0.802. The Balaban J connectivity index is 0.000000129. The molecule has 0 radical (unpaired) electrons. The van der Waals surface area contributed by atoms with Crippen LogP contribution in [0, 0.1) is 53.7 Å². The highest BCUT2D eigenvalue weighted by molar-refractivity contribution is 5.94. The third kappa shape index (κ3) is 15.9. The highest BCUT2D eigenvalue weighted by atomic mass is 14.9. The SMILES string of the molecule is [C-]#[N+]c1cc(-c2cccc(-c3ccc4cc(-c5cccc(-c6ccnc(C#N)c6)n5)ccc4c3)n2)ccn1.[C-]#[N+]c1ccnc(-c2ccc(-c3ccc4cc(-c5ccc(-c6cc(C#N)ccn6)nc5)ccc4c3)cn2)c1.[C-]#[N+]c1cncc(-c2cccc(-c3ccc4cc(-c5cccc(-c6ccnc(C#N)c6)n5)ccc4c3)n2)c1. The van der Waals surface area contributed by atoms with Crippen LogP contribution in [-0.4, -0.2) is 59.8 Å². The zero-order valence-electron chi connectivity index (χ0n) is 60.2. The van der Waals surface area contributed by atoms with Crippen molar-refractivity contribution in [2.75, 3.05) is 0 Å². The molecule has 0 spiro atoms. The standard InChI is InChI=1S/3C32H18N6/c1-34-28-11-13-36-32(17-28)30-9-7-27(20-38-30)25-5-3-22-15-24(4-2-23(22)16-25)26-6-8-29(37-19-26)31-14-21(18-33)10-12-35-31;1-34-32-19-26(13-15-36-32)31-7-3-5-29(38-31)24-11-9-21-16-23(10-8-22(21)17-24)28-4-2-6-30(37-28)25-12-14-35-27(18-25)20-33;1-34-28-17-26(19-35-20-28)32-7-3-5-30(38-32)24-11-9-21-14-23(10-8-22(21)15-24)29-4-2-6-31(37-29)25-12-13-36-27(16-25)18-33/h2-17,19-20H;2-19H;2-17,19-20H. The molecule has 0 saturated heterocycles. The quantitative estimate of drug-likeness (QED) is 0.103. The average molecular weight is 1460 g/mol. The Hall–Kier alpha value is -17.2. The zero-order valence-corrected chi connectivity index (χ0v) is 60.2. The second-order valence-corrected chi connectivity index (χ2v) is 26.0. The van der Waals surface area contributed by atoms with E-state index in [9.17, 15) is 10.5 Å². The van der Waals surface area contributed by atoms with Gasteiger partial charge in [-0.3, -0.25) is 24.9 Å². The number of benzene rings is 6. The number of hydrogen-bond acceptors (Lipinski definition) is 15. The number of nitrogens with zero attached hydrogens (tertiary/aromatic N) is 18. The number of rotatable bonds is 12. The van der Waals surface area contributed by atoms with Gasteiger partial charge in [0.1, 0.15) is 29.7 Å². The molecule has 0 unspecified atom stereocenters. The van der Waals surface area contributed by atoms with Crippen LogP contribution < -0.4 is 0 Å². The van der Waals surface area contributed by atoms with Crippen molar-refractivity contribution in [3.63, 3.8) is 0 Å².